The largest absolute Gasteiger partial charge is 0.386 e. The predicted octanol–water partition coefficient (Wildman–Crippen LogP) is 2.74. The van der Waals surface area contributed by atoms with Crippen molar-refractivity contribution in [3.05, 3.63) is 28.0 Å². The lowest BCUT2D eigenvalue weighted by atomic mass is 9.87. The van der Waals surface area contributed by atoms with Crippen LogP contribution in [-0.2, 0) is 6.54 Å². The van der Waals surface area contributed by atoms with Gasteiger partial charge in [0.2, 0.25) is 0 Å². The highest BCUT2D eigenvalue weighted by Crippen LogP contribution is 2.41. The third-order valence-electron chi connectivity index (χ3n) is 3.48. The van der Waals surface area contributed by atoms with Crippen LogP contribution in [0.25, 0.3) is 0 Å². The molecule has 3 rings (SSSR count). The Balaban J connectivity index is 1.70. The van der Waals surface area contributed by atoms with Crippen LogP contribution in [0.1, 0.15) is 62.0 Å². The Hall–Kier alpha value is -1.27. The van der Waals surface area contributed by atoms with Gasteiger partial charge >= 0.3 is 0 Å². The van der Waals surface area contributed by atoms with Crippen LogP contribution in [0.2, 0.25) is 0 Å². The van der Waals surface area contributed by atoms with Gasteiger partial charge in [0, 0.05) is 11.3 Å². The highest BCUT2D eigenvalue weighted by atomic mass is 32.1. The second-order valence-electron chi connectivity index (χ2n) is 6.56. The molecule has 0 aromatic carbocycles. The molecule has 1 saturated carbocycles. The number of hydrogen-bond donors (Lipinski definition) is 1. The van der Waals surface area contributed by atoms with Crippen molar-refractivity contribution < 1.29 is 5.11 Å². The molecule has 1 unspecified atom stereocenters. The van der Waals surface area contributed by atoms with Crippen LogP contribution in [-0.4, -0.2) is 25.1 Å². The highest BCUT2D eigenvalue weighted by Gasteiger charge is 2.27. The minimum absolute atomic E-state index is 0.235. The first-order valence-electron chi connectivity index (χ1n) is 6.96. The molecule has 1 N–H and O–H groups in total. The number of rotatable bonds is 4. The Morgan fingerprint density at radius 2 is 2.20 bits per heavy atom. The van der Waals surface area contributed by atoms with Gasteiger partial charge in [-0.15, -0.1) is 16.4 Å². The minimum atomic E-state index is -0.603. The fourth-order valence-corrected chi connectivity index (χ4v) is 3.02. The van der Waals surface area contributed by atoms with Gasteiger partial charge in [0.15, 0.2) is 0 Å². The topological polar surface area (TPSA) is 63.8 Å². The number of thiazole rings is 1. The zero-order chi connectivity index (χ0) is 14.3. The predicted molar refractivity (Wildman–Crippen MR) is 77.6 cm³/mol. The van der Waals surface area contributed by atoms with Crippen molar-refractivity contribution in [2.24, 2.45) is 5.41 Å². The highest BCUT2D eigenvalue weighted by molar-refractivity contribution is 7.09. The van der Waals surface area contributed by atoms with Crippen LogP contribution in [0.3, 0.4) is 0 Å². The van der Waals surface area contributed by atoms with Crippen LogP contribution < -0.4 is 0 Å². The summed E-state index contributed by atoms with van der Waals surface area (Å²) in [6, 6.07) is 0. The van der Waals surface area contributed by atoms with Crippen LogP contribution in [0.5, 0.6) is 0 Å². The summed E-state index contributed by atoms with van der Waals surface area (Å²) >= 11 is 1.73. The summed E-state index contributed by atoms with van der Waals surface area (Å²) in [5.74, 6) is 0.697. The number of aliphatic hydroxyl groups is 1. The van der Waals surface area contributed by atoms with Crippen molar-refractivity contribution in [1.82, 2.24) is 20.0 Å². The number of nitrogens with zero attached hydrogens (tertiary/aromatic N) is 4. The summed E-state index contributed by atoms with van der Waals surface area (Å²) in [7, 11) is 0. The average molecular weight is 292 g/mol. The Kier molecular flexibility index (Phi) is 3.38. The summed E-state index contributed by atoms with van der Waals surface area (Å²) in [6.07, 6.45) is 3.76. The molecular formula is C14H20N4OS. The van der Waals surface area contributed by atoms with Crippen LogP contribution in [0.15, 0.2) is 11.6 Å². The number of aliphatic hydroxyl groups excluding tert-OH is 1. The second-order valence-corrected chi connectivity index (χ2v) is 7.45. The molecule has 5 nitrogen and oxygen atoms in total. The second kappa shape index (κ2) is 4.93. The van der Waals surface area contributed by atoms with Crippen LogP contribution in [0, 0.1) is 5.41 Å². The van der Waals surface area contributed by atoms with Crippen molar-refractivity contribution >= 4 is 11.3 Å². The molecule has 0 aliphatic heterocycles. The molecule has 0 bridgehead atoms. The van der Waals surface area contributed by atoms with Gasteiger partial charge in [-0.3, -0.25) is 0 Å². The molecule has 0 radical (unpaired) electrons. The van der Waals surface area contributed by atoms with E-state index in [0.29, 0.717) is 18.2 Å². The molecule has 2 heterocycles. The summed E-state index contributed by atoms with van der Waals surface area (Å²) in [4.78, 5) is 4.64. The third-order valence-corrected chi connectivity index (χ3v) is 4.53. The third kappa shape index (κ3) is 2.91. The lowest BCUT2D eigenvalue weighted by Gasteiger charge is -2.23. The van der Waals surface area contributed by atoms with E-state index in [-0.39, 0.29) is 5.41 Å². The maximum absolute atomic E-state index is 10.2. The number of aromatic nitrogens is 4. The van der Waals surface area contributed by atoms with Crippen molar-refractivity contribution in [1.29, 1.82) is 0 Å². The van der Waals surface area contributed by atoms with E-state index in [2.05, 4.69) is 20.7 Å². The minimum Gasteiger partial charge on any atom is -0.386 e. The van der Waals surface area contributed by atoms with Gasteiger partial charge in [0.25, 0.3) is 0 Å². The van der Waals surface area contributed by atoms with Crippen molar-refractivity contribution in [2.45, 2.75) is 52.2 Å². The Bertz CT molecular complexity index is 594. The van der Waals surface area contributed by atoms with Crippen LogP contribution >= 0.6 is 11.3 Å². The Labute approximate surface area is 122 Å². The maximum atomic E-state index is 10.2. The first kappa shape index (κ1) is 13.7. The zero-order valence-corrected chi connectivity index (χ0v) is 12.9. The Morgan fingerprint density at radius 3 is 2.85 bits per heavy atom. The van der Waals surface area contributed by atoms with Crippen molar-refractivity contribution in [2.75, 3.05) is 0 Å². The summed E-state index contributed by atoms with van der Waals surface area (Å²) < 4.78 is 1.75. The number of hydrogen-bond acceptors (Lipinski definition) is 5. The molecule has 108 valence electrons. The molecule has 6 heteroatoms. The molecule has 1 fully saturated rings. The smallest absolute Gasteiger partial charge is 0.112 e. The standard InChI is InChI=1S/C14H20N4OS/c1-14(2,3)12(19)11-7-18(17-16-11)6-10-8-20-13(15-10)9-4-5-9/h7-9,12,19H,4-6H2,1-3H3. The molecule has 0 saturated heterocycles. The SMILES string of the molecule is CC(C)(C)C(O)c1cn(Cc2csc(C3CC3)n2)nn1. The maximum Gasteiger partial charge on any atom is 0.112 e. The molecule has 2 aromatic heterocycles. The van der Waals surface area contributed by atoms with E-state index < -0.39 is 6.10 Å². The Morgan fingerprint density at radius 1 is 1.45 bits per heavy atom. The molecule has 20 heavy (non-hydrogen) atoms. The lowest BCUT2D eigenvalue weighted by molar-refractivity contribution is 0.0588. The van der Waals surface area contributed by atoms with Crippen molar-refractivity contribution in [3.63, 3.8) is 0 Å². The van der Waals surface area contributed by atoms with Gasteiger partial charge in [-0.25, -0.2) is 9.67 Å². The van der Waals surface area contributed by atoms with Crippen molar-refractivity contribution in [3.8, 4) is 0 Å². The van der Waals surface area contributed by atoms with Gasteiger partial charge in [-0.2, -0.15) is 0 Å². The quantitative estimate of drug-likeness (QED) is 0.941. The lowest BCUT2D eigenvalue weighted by Crippen LogP contribution is -2.18. The fourth-order valence-electron chi connectivity index (χ4n) is 2.04. The van der Waals surface area contributed by atoms with E-state index in [1.165, 1.54) is 17.8 Å². The monoisotopic (exact) mass is 292 g/mol. The van der Waals surface area contributed by atoms with Crippen LogP contribution in [0.4, 0.5) is 0 Å². The summed E-state index contributed by atoms with van der Waals surface area (Å²) in [5.41, 5.74) is 1.41. The van der Waals surface area contributed by atoms with Gasteiger partial charge < -0.3 is 5.11 Å². The van der Waals surface area contributed by atoms with Gasteiger partial charge in [-0.05, 0) is 18.3 Å². The van der Waals surface area contributed by atoms with E-state index >= 15 is 0 Å². The average Bonchev–Trinajstić information content (AvgIpc) is 2.95. The molecule has 1 atom stereocenters. The van der Waals surface area contributed by atoms with Gasteiger partial charge in [0.1, 0.15) is 11.8 Å². The first-order chi connectivity index (χ1) is 9.43. The van der Waals surface area contributed by atoms with E-state index in [0.717, 1.165) is 5.69 Å². The van der Waals surface area contributed by atoms with E-state index in [1.54, 1.807) is 16.0 Å². The molecule has 1 aliphatic rings. The van der Waals surface area contributed by atoms with Gasteiger partial charge in [-0.1, -0.05) is 26.0 Å². The molecule has 2 aromatic rings. The van der Waals surface area contributed by atoms with E-state index in [4.69, 9.17) is 0 Å². The molecule has 0 spiro atoms. The van der Waals surface area contributed by atoms with E-state index in [9.17, 15) is 5.11 Å². The fraction of sp³-hybridized carbons (Fsp3) is 0.643. The molecule has 1 aliphatic carbocycles. The normalized spacial score (nSPS) is 17.4. The summed E-state index contributed by atoms with van der Waals surface area (Å²) in [6.45, 7) is 6.57. The van der Waals surface area contributed by atoms with Gasteiger partial charge in [0.05, 0.1) is 23.4 Å². The van der Waals surface area contributed by atoms with E-state index in [1.807, 2.05) is 27.0 Å². The molecule has 0 amide bonds. The zero-order valence-electron chi connectivity index (χ0n) is 12.1. The first-order valence-corrected chi connectivity index (χ1v) is 7.84. The molecular weight excluding hydrogens is 272 g/mol. The summed E-state index contributed by atoms with van der Waals surface area (Å²) in [5, 5.41) is 21.7.